The third-order valence-electron chi connectivity index (χ3n) is 3.68. The zero-order valence-corrected chi connectivity index (χ0v) is 19.0. The van der Waals surface area contributed by atoms with E-state index in [1.807, 2.05) is 0 Å². The molecule has 0 bridgehead atoms. The summed E-state index contributed by atoms with van der Waals surface area (Å²) in [6.07, 6.45) is 1.71. The average molecular weight is 453 g/mol. The van der Waals surface area contributed by atoms with Crippen LogP contribution < -0.4 is 0 Å². The summed E-state index contributed by atoms with van der Waals surface area (Å²) in [6, 6.07) is 0. The maximum atomic E-state index is 11.4. The molecule has 0 aromatic heterocycles. The van der Waals surface area contributed by atoms with Gasteiger partial charge in [-0.05, 0) is 13.8 Å². The molecular formula is C21H40O10. The van der Waals surface area contributed by atoms with E-state index in [1.54, 1.807) is 19.9 Å². The molecule has 0 atom stereocenters. The van der Waals surface area contributed by atoms with Gasteiger partial charge in [0.2, 0.25) is 0 Å². The number of hydrogen-bond acceptors (Lipinski definition) is 10. The van der Waals surface area contributed by atoms with Crippen LogP contribution in [0, 0.1) is 0 Å². The SMILES string of the molecule is CC=C(C)C(=O)OCCOCCOCCOCCOCCOCCOCCOCCO. The number of hydrogen-bond donors (Lipinski definition) is 1. The van der Waals surface area contributed by atoms with E-state index >= 15 is 0 Å². The molecule has 31 heavy (non-hydrogen) atoms. The highest BCUT2D eigenvalue weighted by Crippen LogP contribution is 1.95. The number of aliphatic hydroxyl groups is 1. The predicted molar refractivity (Wildman–Crippen MR) is 113 cm³/mol. The van der Waals surface area contributed by atoms with Crippen LogP contribution in [0.3, 0.4) is 0 Å². The van der Waals surface area contributed by atoms with Crippen LogP contribution in [-0.2, 0) is 42.7 Å². The van der Waals surface area contributed by atoms with Crippen LogP contribution in [0.4, 0.5) is 0 Å². The number of rotatable bonds is 24. The highest BCUT2D eigenvalue weighted by molar-refractivity contribution is 5.87. The van der Waals surface area contributed by atoms with Gasteiger partial charge in [-0.25, -0.2) is 4.79 Å². The van der Waals surface area contributed by atoms with Gasteiger partial charge in [0.25, 0.3) is 0 Å². The zero-order chi connectivity index (χ0) is 22.8. The molecule has 0 heterocycles. The summed E-state index contributed by atoms with van der Waals surface area (Å²) in [5.41, 5.74) is 0.585. The maximum Gasteiger partial charge on any atom is 0.333 e. The summed E-state index contributed by atoms with van der Waals surface area (Å²) < 4.78 is 42.2. The van der Waals surface area contributed by atoms with Crippen molar-refractivity contribution < 1.29 is 47.8 Å². The number of allylic oxidation sites excluding steroid dienone is 1. The lowest BCUT2D eigenvalue weighted by Gasteiger charge is -2.08. The zero-order valence-electron chi connectivity index (χ0n) is 19.0. The molecule has 0 aromatic rings. The molecule has 0 radical (unpaired) electrons. The van der Waals surface area contributed by atoms with E-state index in [0.29, 0.717) is 98.1 Å². The minimum atomic E-state index is -0.321. The molecule has 0 saturated carbocycles. The predicted octanol–water partition coefficient (Wildman–Crippen LogP) is 0.604. The molecule has 0 amide bonds. The van der Waals surface area contributed by atoms with E-state index in [2.05, 4.69) is 0 Å². The van der Waals surface area contributed by atoms with Crippen molar-refractivity contribution in [1.82, 2.24) is 0 Å². The standard InChI is InChI=1S/C21H40O10/c1-3-20(2)21(23)31-19-18-30-17-16-29-15-14-28-13-12-27-11-10-26-9-8-25-7-6-24-5-4-22/h3,22H,4-19H2,1-2H3. The Hall–Kier alpha value is -1.11. The largest absolute Gasteiger partial charge is 0.460 e. The molecule has 0 rings (SSSR count). The third-order valence-corrected chi connectivity index (χ3v) is 3.68. The number of aliphatic hydroxyl groups excluding tert-OH is 1. The highest BCUT2D eigenvalue weighted by atomic mass is 16.6. The van der Waals surface area contributed by atoms with Crippen molar-refractivity contribution in [2.45, 2.75) is 13.8 Å². The molecule has 0 aromatic carbocycles. The first kappa shape index (κ1) is 29.9. The number of esters is 1. The first-order valence-corrected chi connectivity index (χ1v) is 10.7. The van der Waals surface area contributed by atoms with Gasteiger partial charge >= 0.3 is 5.97 Å². The molecule has 0 fully saturated rings. The van der Waals surface area contributed by atoms with Crippen molar-refractivity contribution in [2.24, 2.45) is 0 Å². The summed E-state index contributed by atoms with van der Waals surface area (Å²) in [7, 11) is 0. The minimum Gasteiger partial charge on any atom is -0.460 e. The van der Waals surface area contributed by atoms with Crippen LogP contribution in [-0.4, -0.2) is 117 Å². The topological polar surface area (TPSA) is 111 Å². The first-order valence-electron chi connectivity index (χ1n) is 10.7. The lowest BCUT2D eigenvalue weighted by Crippen LogP contribution is -2.15. The second-order valence-corrected chi connectivity index (χ2v) is 6.12. The van der Waals surface area contributed by atoms with Gasteiger partial charge in [0, 0.05) is 5.57 Å². The molecule has 0 unspecified atom stereocenters. The van der Waals surface area contributed by atoms with Gasteiger partial charge in [-0.1, -0.05) is 6.08 Å². The molecule has 10 nitrogen and oxygen atoms in total. The van der Waals surface area contributed by atoms with Crippen LogP contribution in [0.25, 0.3) is 0 Å². The van der Waals surface area contributed by atoms with E-state index in [0.717, 1.165) is 0 Å². The number of carbonyl (C=O) groups excluding carboxylic acids is 1. The van der Waals surface area contributed by atoms with Crippen molar-refractivity contribution >= 4 is 5.97 Å². The minimum absolute atomic E-state index is 0.0249. The Balaban J connectivity index is 3.09. The Kier molecular flexibility index (Phi) is 24.3. The van der Waals surface area contributed by atoms with Gasteiger partial charge < -0.3 is 43.0 Å². The fourth-order valence-corrected chi connectivity index (χ4v) is 1.91. The van der Waals surface area contributed by atoms with Gasteiger partial charge in [0.1, 0.15) is 6.61 Å². The second-order valence-electron chi connectivity index (χ2n) is 6.12. The van der Waals surface area contributed by atoms with Crippen molar-refractivity contribution in [3.8, 4) is 0 Å². The summed E-state index contributed by atoms with van der Waals surface area (Å²) in [5.74, 6) is -0.321. The van der Waals surface area contributed by atoms with E-state index in [1.165, 1.54) is 0 Å². The molecule has 1 N–H and O–H groups in total. The lowest BCUT2D eigenvalue weighted by atomic mass is 10.3. The summed E-state index contributed by atoms with van der Waals surface area (Å²) >= 11 is 0. The molecule has 0 aliphatic rings. The van der Waals surface area contributed by atoms with Crippen LogP contribution in [0.15, 0.2) is 11.6 Å². The normalized spacial score (nSPS) is 11.8. The van der Waals surface area contributed by atoms with Gasteiger partial charge in [0.15, 0.2) is 0 Å². The Labute approximate surface area is 185 Å². The molecular weight excluding hydrogens is 412 g/mol. The molecule has 0 aliphatic carbocycles. The Morgan fingerprint density at radius 2 is 0.871 bits per heavy atom. The van der Waals surface area contributed by atoms with Crippen LogP contribution >= 0.6 is 0 Å². The average Bonchev–Trinajstić information content (AvgIpc) is 2.78. The summed E-state index contributed by atoms with van der Waals surface area (Å²) in [5, 5.41) is 8.53. The molecule has 0 aliphatic heterocycles. The molecule has 0 spiro atoms. The first-order chi connectivity index (χ1) is 15.2. The fourth-order valence-electron chi connectivity index (χ4n) is 1.91. The van der Waals surface area contributed by atoms with E-state index in [9.17, 15) is 4.79 Å². The smallest absolute Gasteiger partial charge is 0.333 e. The highest BCUT2D eigenvalue weighted by Gasteiger charge is 2.03. The summed E-state index contributed by atoms with van der Waals surface area (Å²) in [4.78, 5) is 11.4. The van der Waals surface area contributed by atoms with Gasteiger partial charge in [-0.3, -0.25) is 0 Å². The monoisotopic (exact) mass is 452 g/mol. The van der Waals surface area contributed by atoms with Gasteiger partial charge in [-0.2, -0.15) is 0 Å². The number of carbonyl (C=O) groups is 1. The second kappa shape index (κ2) is 25.2. The Morgan fingerprint density at radius 1 is 0.581 bits per heavy atom. The van der Waals surface area contributed by atoms with E-state index in [4.69, 9.17) is 43.0 Å². The third kappa shape index (κ3) is 23.4. The Bertz CT molecular complexity index is 417. The van der Waals surface area contributed by atoms with Gasteiger partial charge in [-0.15, -0.1) is 0 Å². The van der Waals surface area contributed by atoms with Crippen LogP contribution in [0.1, 0.15) is 13.8 Å². The number of ether oxygens (including phenoxy) is 8. The van der Waals surface area contributed by atoms with Crippen LogP contribution in [0.5, 0.6) is 0 Å². The maximum absolute atomic E-state index is 11.4. The summed E-state index contributed by atoms with van der Waals surface area (Å²) in [6.45, 7) is 10.2. The van der Waals surface area contributed by atoms with Crippen LogP contribution in [0.2, 0.25) is 0 Å². The van der Waals surface area contributed by atoms with Crippen molar-refractivity contribution in [2.75, 3.05) is 106 Å². The quantitative estimate of drug-likeness (QED) is 0.127. The van der Waals surface area contributed by atoms with Gasteiger partial charge in [0.05, 0.1) is 99.1 Å². The van der Waals surface area contributed by atoms with Crippen molar-refractivity contribution in [3.05, 3.63) is 11.6 Å². The van der Waals surface area contributed by atoms with Crippen molar-refractivity contribution in [3.63, 3.8) is 0 Å². The molecule has 0 saturated heterocycles. The van der Waals surface area contributed by atoms with Crippen molar-refractivity contribution in [1.29, 1.82) is 0 Å². The van der Waals surface area contributed by atoms with E-state index in [-0.39, 0.29) is 19.2 Å². The lowest BCUT2D eigenvalue weighted by molar-refractivity contribution is -0.140. The molecule has 10 heteroatoms. The van der Waals surface area contributed by atoms with E-state index < -0.39 is 0 Å². The fraction of sp³-hybridized carbons (Fsp3) is 0.857. The molecule has 184 valence electrons. The Morgan fingerprint density at radius 3 is 1.16 bits per heavy atom.